The Morgan fingerprint density at radius 1 is 1.05 bits per heavy atom. The van der Waals surface area contributed by atoms with Gasteiger partial charge in [0.05, 0.1) is 23.0 Å². The highest BCUT2D eigenvalue weighted by molar-refractivity contribution is 6.31. The van der Waals surface area contributed by atoms with E-state index < -0.39 is 41.3 Å². The van der Waals surface area contributed by atoms with Crippen LogP contribution in [0.25, 0.3) is 0 Å². The fourth-order valence-corrected chi connectivity index (χ4v) is 8.30. The zero-order valence-corrected chi connectivity index (χ0v) is 24.1. The normalized spacial score (nSPS) is 40.3. The fraction of sp³-hybridized carbons (Fsp3) is 0.645. The summed E-state index contributed by atoms with van der Waals surface area (Å²) in [5, 5.41) is 6.05. The van der Waals surface area contributed by atoms with Crippen molar-refractivity contribution in [3.8, 4) is 0 Å². The first-order valence-corrected chi connectivity index (χ1v) is 15.3. The maximum atomic E-state index is 14.4. The zero-order valence-electron chi connectivity index (χ0n) is 23.4. The van der Waals surface area contributed by atoms with Gasteiger partial charge in [-0.1, -0.05) is 70.2 Å². The van der Waals surface area contributed by atoms with Crippen LogP contribution in [0.4, 0.5) is 10.1 Å². The minimum absolute atomic E-state index is 0.0392. The lowest BCUT2D eigenvalue weighted by atomic mass is 9.73. The van der Waals surface area contributed by atoms with Gasteiger partial charge in [-0.15, -0.1) is 0 Å². The molecule has 10 atom stereocenters. The molecule has 0 aromatic heterocycles. The molecule has 2 saturated carbocycles. The van der Waals surface area contributed by atoms with Crippen molar-refractivity contribution in [2.45, 2.75) is 95.5 Å². The summed E-state index contributed by atoms with van der Waals surface area (Å²) in [5.41, 5.74) is -0.857. The second-order valence-corrected chi connectivity index (χ2v) is 13.2. The highest BCUT2D eigenvalue weighted by Crippen LogP contribution is 2.56. The molecule has 7 nitrogen and oxygen atoms in total. The highest BCUT2D eigenvalue weighted by Gasteiger charge is 2.73. The molecule has 216 valence electrons. The Balaban J connectivity index is 1.33. The van der Waals surface area contributed by atoms with Crippen LogP contribution in [0.3, 0.4) is 0 Å². The average Bonchev–Trinajstić information content (AvgIpc) is 3.56. The van der Waals surface area contributed by atoms with Crippen LogP contribution in [0.5, 0.6) is 0 Å². The second-order valence-electron chi connectivity index (χ2n) is 12.8. The molecule has 1 aromatic carbocycles. The molecular weight excluding hydrogens is 533 g/mol. The van der Waals surface area contributed by atoms with E-state index in [1.54, 1.807) is 4.90 Å². The number of ether oxygens (including phenoxy) is 1. The fourth-order valence-electron chi connectivity index (χ4n) is 8.12. The van der Waals surface area contributed by atoms with Gasteiger partial charge in [0.15, 0.2) is 0 Å². The topological polar surface area (TPSA) is 87.7 Å². The summed E-state index contributed by atoms with van der Waals surface area (Å²) in [6.07, 6.45) is 10.1. The van der Waals surface area contributed by atoms with Gasteiger partial charge in [-0.3, -0.25) is 14.4 Å². The molecule has 1 spiro atoms. The average molecular weight is 572 g/mol. The Morgan fingerprint density at radius 3 is 2.55 bits per heavy atom. The van der Waals surface area contributed by atoms with Crippen LogP contribution in [0.2, 0.25) is 5.02 Å². The van der Waals surface area contributed by atoms with Crippen molar-refractivity contribution in [1.82, 2.24) is 10.2 Å². The summed E-state index contributed by atoms with van der Waals surface area (Å²) in [4.78, 5) is 44.1. The minimum Gasteiger partial charge on any atom is -0.359 e. The van der Waals surface area contributed by atoms with Gasteiger partial charge >= 0.3 is 0 Å². The van der Waals surface area contributed by atoms with Gasteiger partial charge in [0.2, 0.25) is 17.7 Å². The number of rotatable bonds is 5. The number of fused-ring (bicyclic) bond motifs is 1. The molecule has 6 rings (SSSR count). The number of amides is 3. The van der Waals surface area contributed by atoms with E-state index >= 15 is 0 Å². The lowest BCUT2D eigenvalue weighted by Crippen LogP contribution is -2.60. The third-order valence-electron chi connectivity index (χ3n) is 10.5. The van der Waals surface area contributed by atoms with Crippen molar-refractivity contribution >= 4 is 35.0 Å². The Bertz CT molecular complexity index is 1240. The number of likely N-dealkylation sites (tertiary alicyclic amines) is 1. The molecule has 9 heteroatoms. The molecule has 2 aliphatic carbocycles. The summed E-state index contributed by atoms with van der Waals surface area (Å²) in [7, 11) is 0. The van der Waals surface area contributed by atoms with Crippen molar-refractivity contribution in [1.29, 1.82) is 0 Å². The molecule has 4 fully saturated rings. The van der Waals surface area contributed by atoms with E-state index in [0.717, 1.165) is 44.9 Å². The zero-order chi connectivity index (χ0) is 28.3. The summed E-state index contributed by atoms with van der Waals surface area (Å²) >= 11 is 5.94. The summed E-state index contributed by atoms with van der Waals surface area (Å²) < 4.78 is 20.2. The number of nitrogens with one attached hydrogen (secondary N) is 2. The number of carbonyl (C=O) groups excluding carboxylic acids is 3. The molecule has 5 aliphatic rings. The van der Waals surface area contributed by atoms with Gasteiger partial charge < -0.3 is 20.3 Å². The number of anilines is 1. The van der Waals surface area contributed by atoms with Gasteiger partial charge in [0.25, 0.3) is 0 Å². The molecule has 40 heavy (non-hydrogen) atoms. The van der Waals surface area contributed by atoms with E-state index in [1.807, 2.05) is 12.2 Å². The molecule has 2 saturated heterocycles. The first-order chi connectivity index (χ1) is 19.1. The first-order valence-electron chi connectivity index (χ1n) is 14.9. The lowest BCUT2D eigenvalue weighted by Gasteiger charge is -2.42. The van der Waals surface area contributed by atoms with E-state index in [4.69, 9.17) is 16.3 Å². The van der Waals surface area contributed by atoms with Crippen molar-refractivity contribution in [2.75, 3.05) is 5.32 Å². The molecule has 0 unspecified atom stereocenters. The number of hydrogen-bond acceptors (Lipinski definition) is 4. The molecule has 0 radical (unpaired) electrons. The van der Waals surface area contributed by atoms with E-state index in [9.17, 15) is 18.8 Å². The quantitative estimate of drug-likeness (QED) is 0.482. The third kappa shape index (κ3) is 4.37. The summed E-state index contributed by atoms with van der Waals surface area (Å²) in [6.45, 7) is 6.57. The SMILES string of the molecule is C[C@H]1[C@H](C)CCC[C@@H]1NC(=O)[C@@H]1N([C@@H]2CCCC[C@@H]2C)C(=O)[C@@H]2[C@@H](C(=O)Nc3ccc(F)c(Cl)c3)[C@@H]3C=C[C@]21O3. The van der Waals surface area contributed by atoms with Crippen LogP contribution in [0.1, 0.15) is 65.7 Å². The third-order valence-corrected chi connectivity index (χ3v) is 10.8. The number of benzene rings is 1. The van der Waals surface area contributed by atoms with Crippen LogP contribution in [0, 0.1) is 35.4 Å². The molecule has 3 aliphatic heterocycles. The van der Waals surface area contributed by atoms with E-state index in [0.29, 0.717) is 17.5 Å². The molecular formula is C31H39ClFN3O4. The van der Waals surface area contributed by atoms with E-state index in [-0.39, 0.29) is 34.8 Å². The standard InChI is InChI=1S/C31H39ClFN3O4/c1-16-8-6-9-22(18(16)3)35-29(38)27-31-14-13-24(40-31)25(28(37)34-19-11-12-21(33)20(32)15-19)26(31)30(39)36(27)23-10-5-4-7-17(23)2/h11-18,22-27H,4-10H2,1-3H3,(H,34,37)(H,35,38)/t16-,17+,18+,22+,23-,24+,25+,26+,27+,31+/m1/s1. The van der Waals surface area contributed by atoms with Gasteiger partial charge in [-0.05, 0) is 55.2 Å². The van der Waals surface area contributed by atoms with Crippen LogP contribution < -0.4 is 10.6 Å². The van der Waals surface area contributed by atoms with E-state index in [1.165, 1.54) is 18.2 Å². The molecule has 1 aromatic rings. The number of carbonyl (C=O) groups is 3. The lowest BCUT2D eigenvalue weighted by molar-refractivity contribution is -0.146. The minimum atomic E-state index is -1.20. The van der Waals surface area contributed by atoms with E-state index in [2.05, 4.69) is 31.4 Å². The van der Waals surface area contributed by atoms with Gasteiger partial charge in [-0.2, -0.15) is 0 Å². The molecule has 3 amide bonds. The Kier molecular flexibility index (Phi) is 7.22. The summed E-state index contributed by atoms with van der Waals surface area (Å²) in [5.74, 6) is -1.89. The Morgan fingerprint density at radius 2 is 1.80 bits per heavy atom. The van der Waals surface area contributed by atoms with Crippen LogP contribution in [-0.4, -0.2) is 52.5 Å². The molecule has 2 N–H and O–H groups in total. The molecule has 3 heterocycles. The smallest absolute Gasteiger partial charge is 0.246 e. The van der Waals surface area contributed by atoms with Gasteiger partial charge in [0.1, 0.15) is 17.5 Å². The predicted molar refractivity (Wildman–Crippen MR) is 150 cm³/mol. The largest absolute Gasteiger partial charge is 0.359 e. The Hall–Kier alpha value is -2.45. The number of hydrogen-bond donors (Lipinski definition) is 2. The van der Waals surface area contributed by atoms with Crippen LogP contribution in [-0.2, 0) is 19.1 Å². The first kappa shape index (κ1) is 27.7. The van der Waals surface area contributed by atoms with Crippen molar-refractivity contribution < 1.29 is 23.5 Å². The van der Waals surface area contributed by atoms with Gasteiger partial charge in [-0.25, -0.2) is 4.39 Å². The van der Waals surface area contributed by atoms with Crippen LogP contribution >= 0.6 is 11.6 Å². The van der Waals surface area contributed by atoms with Crippen LogP contribution in [0.15, 0.2) is 30.4 Å². The Labute approximate surface area is 240 Å². The molecule has 2 bridgehead atoms. The number of nitrogens with zero attached hydrogens (tertiary/aromatic N) is 1. The maximum absolute atomic E-state index is 14.4. The summed E-state index contributed by atoms with van der Waals surface area (Å²) in [6, 6.07) is 3.10. The van der Waals surface area contributed by atoms with Crippen molar-refractivity contribution in [2.24, 2.45) is 29.6 Å². The number of halogens is 2. The second kappa shape index (κ2) is 10.4. The van der Waals surface area contributed by atoms with Crippen molar-refractivity contribution in [3.05, 3.63) is 41.2 Å². The maximum Gasteiger partial charge on any atom is 0.246 e. The highest BCUT2D eigenvalue weighted by atomic mass is 35.5. The predicted octanol–water partition coefficient (Wildman–Crippen LogP) is 5.09. The monoisotopic (exact) mass is 571 g/mol. The van der Waals surface area contributed by atoms with Crippen molar-refractivity contribution in [3.63, 3.8) is 0 Å². The van der Waals surface area contributed by atoms with Gasteiger partial charge in [0, 0.05) is 17.8 Å².